The van der Waals surface area contributed by atoms with Crippen molar-refractivity contribution in [1.82, 2.24) is 5.32 Å². The molecule has 4 heteroatoms. The van der Waals surface area contributed by atoms with E-state index in [9.17, 15) is 4.79 Å². The molecule has 0 aromatic heterocycles. The van der Waals surface area contributed by atoms with Gasteiger partial charge in [0.05, 0.1) is 6.04 Å². The van der Waals surface area contributed by atoms with Gasteiger partial charge in [-0.05, 0) is 74.9 Å². The maximum absolute atomic E-state index is 12.1. The predicted molar refractivity (Wildman–Crippen MR) is 103 cm³/mol. The molecule has 0 heterocycles. The number of ether oxygens (including phenoxy) is 2. The number of amides is 1. The van der Waals surface area contributed by atoms with E-state index in [1.165, 1.54) is 29.5 Å². The third kappa shape index (κ3) is 5.25. The fourth-order valence-electron chi connectivity index (χ4n) is 3.16. The molecule has 4 nitrogen and oxygen atoms in total. The van der Waals surface area contributed by atoms with Crippen molar-refractivity contribution >= 4 is 5.91 Å². The Balaban J connectivity index is 1.41. The van der Waals surface area contributed by atoms with Crippen molar-refractivity contribution in [3.8, 4) is 11.5 Å². The van der Waals surface area contributed by atoms with Gasteiger partial charge in [-0.2, -0.15) is 0 Å². The summed E-state index contributed by atoms with van der Waals surface area (Å²) in [7, 11) is 0. The molecule has 1 N–H and O–H groups in total. The van der Waals surface area contributed by atoms with Gasteiger partial charge >= 0.3 is 0 Å². The zero-order chi connectivity index (χ0) is 18.4. The van der Waals surface area contributed by atoms with Crippen LogP contribution >= 0.6 is 0 Å². The van der Waals surface area contributed by atoms with Gasteiger partial charge in [0, 0.05) is 0 Å². The first kappa shape index (κ1) is 18.3. The van der Waals surface area contributed by atoms with Crippen LogP contribution in [0.15, 0.2) is 42.5 Å². The lowest BCUT2D eigenvalue weighted by Crippen LogP contribution is -2.39. The fraction of sp³-hybridized carbons (Fsp3) is 0.409. The normalized spacial score (nSPS) is 14.2. The molecule has 2 aromatic carbocycles. The Bertz CT molecular complexity index is 740. The van der Waals surface area contributed by atoms with Crippen molar-refractivity contribution < 1.29 is 14.3 Å². The van der Waals surface area contributed by atoms with Crippen LogP contribution in [0, 0.1) is 6.92 Å². The molecule has 0 fully saturated rings. The molecule has 1 aliphatic rings. The van der Waals surface area contributed by atoms with Crippen LogP contribution in [0.4, 0.5) is 0 Å². The number of hydrogen-bond donors (Lipinski definition) is 1. The van der Waals surface area contributed by atoms with Crippen LogP contribution in [0.1, 0.15) is 36.5 Å². The topological polar surface area (TPSA) is 47.6 Å². The minimum atomic E-state index is -0.136. The van der Waals surface area contributed by atoms with Crippen LogP contribution in [0.3, 0.4) is 0 Å². The standard InChI is InChI=1S/C22H27NO3/c1-16-7-10-20(11-8-16)25-14-17(2)23-22(24)15-26-21-12-9-18-5-3-4-6-19(18)13-21/h7-13,17H,3-6,14-15H2,1-2H3,(H,23,24)/t17-/m0/s1. The molecule has 0 radical (unpaired) electrons. The second kappa shape index (κ2) is 8.75. The quantitative estimate of drug-likeness (QED) is 0.823. The Morgan fingerprint density at radius 3 is 2.46 bits per heavy atom. The Morgan fingerprint density at radius 2 is 1.69 bits per heavy atom. The lowest BCUT2D eigenvalue weighted by Gasteiger charge is -2.17. The highest BCUT2D eigenvalue weighted by molar-refractivity contribution is 5.77. The van der Waals surface area contributed by atoms with Crippen molar-refractivity contribution in [2.24, 2.45) is 0 Å². The van der Waals surface area contributed by atoms with E-state index in [2.05, 4.69) is 17.4 Å². The van der Waals surface area contributed by atoms with E-state index in [-0.39, 0.29) is 18.6 Å². The van der Waals surface area contributed by atoms with E-state index < -0.39 is 0 Å². The SMILES string of the molecule is Cc1ccc(OC[C@H](C)NC(=O)COc2ccc3c(c2)CCCC3)cc1. The van der Waals surface area contributed by atoms with Gasteiger partial charge in [0.15, 0.2) is 6.61 Å². The predicted octanol–water partition coefficient (Wildman–Crippen LogP) is 3.84. The van der Waals surface area contributed by atoms with Crippen LogP contribution in [0.2, 0.25) is 0 Å². The Kier molecular flexibility index (Phi) is 6.16. The fourth-order valence-corrected chi connectivity index (χ4v) is 3.16. The zero-order valence-electron chi connectivity index (χ0n) is 15.6. The van der Waals surface area contributed by atoms with Crippen molar-refractivity contribution in [1.29, 1.82) is 0 Å². The molecule has 1 aliphatic carbocycles. The molecular formula is C22H27NO3. The second-order valence-corrected chi connectivity index (χ2v) is 7.02. The van der Waals surface area contributed by atoms with Gasteiger partial charge in [0.1, 0.15) is 18.1 Å². The van der Waals surface area contributed by atoms with Crippen molar-refractivity contribution in [2.45, 2.75) is 45.6 Å². The number of hydrogen-bond acceptors (Lipinski definition) is 3. The van der Waals surface area contributed by atoms with E-state index in [0.29, 0.717) is 6.61 Å². The van der Waals surface area contributed by atoms with Gasteiger partial charge < -0.3 is 14.8 Å². The summed E-state index contributed by atoms with van der Waals surface area (Å²) >= 11 is 0. The van der Waals surface area contributed by atoms with Crippen LogP contribution in [0.5, 0.6) is 11.5 Å². The van der Waals surface area contributed by atoms with Crippen molar-refractivity contribution in [3.63, 3.8) is 0 Å². The highest BCUT2D eigenvalue weighted by atomic mass is 16.5. The Morgan fingerprint density at radius 1 is 1.00 bits per heavy atom. The highest BCUT2D eigenvalue weighted by Crippen LogP contribution is 2.25. The molecule has 0 saturated heterocycles. The minimum Gasteiger partial charge on any atom is -0.491 e. The van der Waals surface area contributed by atoms with Crippen LogP contribution in [-0.2, 0) is 17.6 Å². The molecular weight excluding hydrogens is 326 g/mol. The number of rotatable bonds is 7. The van der Waals surface area contributed by atoms with E-state index in [1.807, 2.05) is 44.2 Å². The molecule has 0 aliphatic heterocycles. The molecule has 138 valence electrons. The first-order valence-electron chi connectivity index (χ1n) is 9.33. The minimum absolute atomic E-state index is 0.0215. The Hall–Kier alpha value is -2.49. The smallest absolute Gasteiger partial charge is 0.258 e. The van der Waals surface area contributed by atoms with Crippen LogP contribution in [0.25, 0.3) is 0 Å². The maximum Gasteiger partial charge on any atom is 0.258 e. The van der Waals surface area contributed by atoms with Crippen LogP contribution in [-0.4, -0.2) is 25.2 Å². The highest BCUT2D eigenvalue weighted by Gasteiger charge is 2.12. The third-order valence-electron chi connectivity index (χ3n) is 4.62. The summed E-state index contributed by atoms with van der Waals surface area (Å²) in [5.41, 5.74) is 3.96. The average Bonchev–Trinajstić information content (AvgIpc) is 2.66. The monoisotopic (exact) mass is 353 g/mol. The number of carbonyl (C=O) groups excluding carboxylic acids is 1. The van der Waals surface area contributed by atoms with E-state index in [0.717, 1.165) is 24.3 Å². The molecule has 3 rings (SSSR count). The second-order valence-electron chi connectivity index (χ2n) is 7.02. The molecule has 0 spiro atoms. The van der Waals surface area contributed by atoms with Crippen LogP contribution < -0.4 is 14.8 Å². The summed E-state index contributed by atoms with van der Waals surface area (Å²) in [6.45, 7) is 4.40. The largest absolute Gasteiger partial charge is 0.491 e. The summed E-state index contributed by atoms with van der Waals surface area (Å²) in [5.74, 6) is 1.44. The molecule has 0 saturated carbocycles. The molecule has 0 unspecified atom stereocenters. The first-order chi connectivity index (χ1) is 12.6. The number of carbonyl (C=O) groups is 1. The summed E-state index contributed by atoms with van der Waals surface area (Å²) in [5, 5.41) is 2.91. The number of benzene rings is 2. The molecule has 1 atom stereocenters. The van der Waals surface area contributed by atoms with Gasteiger partial charge in [-0.15, -0.1) is 0 Å². The molecule has 1 amide bonds. The van der Waals surface area contributed by atoms with Gasteiger partial charge in [-0.25, -0.2) is 0 Å². The van der Waals surface area contributed by atoms with Gasteiger partial charge in [-0.1, -0.05) is 23.8 Å². The Labute approximate surface area is 155 Å². The molecule has 26 heavy (non-hydrogen) atoms. The average molecular weight is 353 g/mol. The number of aryl methyl sites for hydroxylation is 3. The summed E-state index contributed by atoms with van der Waals surface area (Å²) < 4.78 is 11.4. The lowest BCUT2D eigenvalue weighted by molar-refractivity contribution is -0.123. The van der Waals surface area contributed by atoms with E-state index >= 15 is 0 Å². The lowest BCUT2D eigenvalue weighted by atomic mass is 9.92. The van der Waals surface area contributed by atoms with Gasteiger partial charge in [0.25, 0.3) is 5.91 Å². The summed E-state index contributed by atoms with van der Waals surface area (Å²) in [6, 6.07) is 13.9. The number of nitrogens with one attached hydrogen (secondary N) is 1. The van der Waals surface area contributed by atoms with Gasteiger partial charge in [-0.3, -0.25) is 4.79 Å². The summed E-state index contributed by atoms with van der Waals surface area (Å²) in [4.78, 5) is 12.1. The van der Waals surface area contributed by atoms with Gasteiger partial charge in [0.2, 0.25) is 0 Å². The van der Waals surface area contributed by atoms with E-state index in [4.69, 9.17) is 9.47 Å². The molecule has 2 aromatic rings. The summed E-state index contributed by atoms with van der Waals surface area (Å²) in [6.07, 6.45) is 4.74. The van der Waals surface area contributed by atoms with Crippen molar-refractivity contribution in [3.05, 3.63) is 59.2 Å². The third-order valence-corrected chi connectivity index (χ3v) is 4.62. The molecule has 0 bridgehead atoms. The number of fused-ring (bicyclic) bond motifs is 1. The zero-order valence-corrected chi connectivity index (χ0v) is 15.6. The van der Waals surface area contributed by atoms with E-state index in [1.54, 1.807) is 0 Å². The van der Waals surface area contributed by atoms with Crippen molar-refractivity contribution in [2.75, 3.05) is 13.2 Å². The maximum atomic E-state index is 12.1. The first-order valence-corrected chi connectivity index (χ1v) is 9.33.